The molecule has 5 rings (SSSR count). The third-order valence-corrected chi connectivity index (χ3v) is 7.48. The van der Waals surface area contributed by atoms with Gasteiger partial charge in [-0.15, -0.1) is 0 Å². The van der Waals surface area contributed by atoms with Crippen LogP contribution in [0.1, 0.15) is 40.0 Å². The lowest BCUT2D eigenvalue weighted by atomic mass is 9.69. The fraction of sp³-hybridized carbons (Fsp3) is 0.280. The molecule has 0 bridgehead atoms. The van der Waals surface area contributed by atoms with Gasteiger partial charge in [0.05, 0.1) is 51.6 Å². The maximum Gasteiger partial charge on any atom is 0.318 e. The van der Waals surface area contributed by atoms with E-state index in [-0.39, 0.29) is 30.2 Å². The Kier molecular flexibility index (Phi) is 6.09. The first-order valence-electron chi connectivity index (χ1n) is 11.3. The first-order valence-corrected chi connectivity index (χ1v) is 12.1. The Labute approximate surface area is 220 Å². The molecular weight excluding hydrogens is 525 g/mol. The van der Waals surface area contributed by atoms with Crippen molar-refractivity contribution in [3.63, 3.8) is 0 Å². The molecular formula is C25H20Cl2F2N6O2. The van der Waals surface area contributed by atoms with Gasteiger partial charge in [0.2, 0.25) is 0 Å². The predicted octanol–water partition coefficient (Wildman–Crippen LogP) is 4.68. The highest BCUT2D eigenvalue weighted by molar-refractivity contribution is 6.42. The second-order valence-corrected chi connectivity index (χ2v) is 10.0. The average Bonchev–Trinajstić information content (AvgIpc) is 3.23. The highest BCUT2D eigenvalue weighted by Crippen LogP contribution is 2.51. The Hall–Kier alpha value is -3.68. The number of hydrogen-bond acceptors (Lipinski definition) is 4. The molecule has 0 atom stereocenters. The SMILES string of the molecule is N#Cc1ccc(C2(NC(=O)N3CCn4nc(-c5ccc(Cl)c(Cl)c5)c(C(N)=O)c4C3)CC(F)(F)C2)cc1. The third-order valence-electron chi connectivity index (χ3n) is 6.74. The summed E-state index contributed by atoms with van der Waals surface area (Å²) in [5.41, 5.74) is 6.73. The minimum atomic E-state index is -2.92. The Balaban J connectivity index is 1.42. The van der Waals surface area contributed by atoms with E-state index in [9.17, 15) is 18.4 Å². The number of benzene rings is 2. The molecule has 3 amide bonds. The maximum absolute atomic E-state index is 14.0. The lowest BCUT2D eigenvalue weighted by molar-refractivity contribution is -0.134. The number of urea groups is 1. The minimum absolute atomic E-state index is 0.00171. The van der Waals surface area contributed by atoms with Crippen LogP contribution < -0.4 is 11.1 Å². The summed E-state index contributed by atoms with van der Waals surface area (Å²) >= 11 is 12.2. The molecule has 0 unspecified atom stereocenters. The summed E-state index contributed by atoms with van der Waals surface area (Å²) in [4.78, 5) is 27.2. The van der Waals surface area contributed by atoms with Crippen LogP contribution in [0.4, 0.5) is 13.6 Å². The Morgan fingerprint density at radius 3 is 2.38 bits per heavy atom. The number of primary amides is 1. The molecule has 1 fully saturated rings. The molecule has 2 aliphatic rings. The minimum Gasteiger partial charge on any atom is -0.365 e. The van der Waals surface area contributed by atoms with E-state index in [4.69, 9.17) is 34.2 Å². The molecule has 0 radical (unpaired) electrons. The molecule has 12 heteroatoms. The van der Waals surface area contributed by atoms with Crippen LogP contribution in [0.5, 0.6) is 0 Å². The normalized spacial score (nSPS) is 17.3. The number of nitrogens with one attached hydrogen (secondary N) is 1. The van der Waals surface area contributed by atoms with Gasteiger partial charge in [-0.2, -0.15) is 10.4 Å². The number of nitrogens with zero attached hydrogens (tertiary/aromatic N) is 4. The van der Waals surface area contributed by atoms with Crippen LogP contribution in [-0.4, -0.2) is 39.1 Å². The number of hydrogen-bond donors (Lipinski definition) is 2. The molecule has 2 aromatic carbocycles. The van der Waals surface area contributed by atoms with Crippen LogP contribution in [0.25, 0.3) is 11.3 Å². The molecule has 190 valence electrons. The summed E-state index contributed by atoms with van der Waals surface area (Å²) in [6.07, 6.45) is -1.12. The molecule has 0 spiro atoms. The van der Waals surface area contributed by atoms with E-state index < -0.39 is 36.2 Å². The van der Waals surface area contributed by atoms with Gasteiger partial charge >= 0.3 is 6.03 Å². The molecule has 1 aliphatic heterocycles. The second kappa shape index (κ2) is 9.01. The van der Waals surface area contributed by atoms with Crippen molar-refractivity contribution in [3.05, 3.63) is 74.9 Å². The van der Waals surface area contributed by atoms with Gasteiger partial charge < -0.3 is 16.0 Å². The van der Waals surface area contributed by atoms with Crippen LogP contribution in [0.3, 0.4) is 0 Å². The number of nitrogens with two attached hydrogens (primary N) is 1. The van der Waals surface area contributed by atoms with Gasteiger partial charge in [0.15, 0.2) is 0 Å². The lowest BCUT2D eigenvalue weighted by Crippen LogP contribution is -2.62. The van der Waals surface area contributed by atoms with Gasteiger partial charge in [0.1, 0.15) is 5.69 Å². The van der Waals surface area contributed by atoms with Crippen LogP contribution in [0, 0.1) is 11.3 Å². The fourth-order valence-electron chi connectivity index (χ4n) is 4.94. The van der Waals surface area contributed by atoms with Crippen LogP contribution in [0.15, 0.2) is 42.5 Å². The van der Waals surface area contributed by atoms with Gasteiger partial charge in [-0.1, -0.05) is 41.4 Å². The smallest absolute Gasteiger partial charge is 0.318 e. The summed E-state index contributed by atoms with van der Waals surface area (Å²) in [6.45, 7) is 0.502. The number of amides is 3. The quantitative estimate of drug-likeness (QED) is 0.495. The molecule has 3 aromatic rings. The van der Waals surface area contributed by atoms with E-state index >= 15 is 0 Å². The average molecular weight is 545 g/mol. The number of carbonyl (C=O) groups excluding carboxylic acids is 2. The first kappa shape index (κ1) is 25.0. The second-order valence-electron chi connectivity index (χ2n) is 9.22. The van der Waals surface area contributed by atoms with Crippen molar-refractivity contribution in [2.45, 2.75) is 37.4 Å². The molecule has 8 nitrogen and oxygen atoms in total. The fourth-order valence-corrected chi connectivity index (χ4v) is 5.24. The number of carbonyl (C=O) groups is 2. The van der Waals surface area contributed by atoms with E-state index in [0.29, 0.717) is 33.1 Å². The number of rotatable bonds is 4. The monoisotopic (exact) mass is 544 g/mol. The molecule has 1 saturated carbocycles. The zero-order chi connectivity index (χ0) is 26.5. The van der Waals surface area contributed by atoms with Crippen LogP contribution in [-0.2, 0) is 18.6 Å². The predicted molar refractivity (Wildman–Crippen MR) is 132 cm³/mol. The number of aromatic nitrogens is 2. The van der Waals surface area contributed by atoms with Crippen molar-refractivity contribution in [1.29, 1.82) is 5.26 Å². The van der Waals surface area contributed by atoms with E-state index in [1.54, 1.807) is 35.0 Å². The molecule has 0 saturated heterocycles. The lowest BCUT2D eigenvalue weighted by Gasteiger charge is -2.49. The van der Waals surface area contributed by atoms with E-state index in [0.717, 1.165) is 0 Å². The van der Waals surface area contributed by atoms with Gasteiger partial charge in [-0.05, 0) is 29.8 Å². The Morgan fingerprint density at radius 1 is 1.08 bits per heavy atom. The van der Waals surface area contributed by atoms with E-state index in [2.05, 4.69) is 10.4 Å². The zero-order valence-corrected chi connectivity index (χ0v) is 20.8. The zero-order valence-electron chi connectivity index (χ0n) is 19.3. The molecule has 1 aromatic heterocycles. The summed E-state index contributed by atoms with van der Waals surface area (Å²) < 4.78 is 29.6. The largest absolute Gasteiger partial charge is 0.365 e. The molecule has 3 N–H and O–H groups in total. The van der Waals surface area contributed by atoms with Crippen molar-refractivity contribution in [2.24, 2.45) is 5.73 Å². The van der Waals surface area contributed by atoms with Crippen molar-refractivity contribution in [2.75, 3.05) is 6.54 Å². The van der Waals surface area contributed by atoms with Gasteiger partial charge in [0.25, 0.3) is 11.8 Å². The van der Waals surface area contributed by atoms with Gasteiger partial charge in [-0.3, -0.25) is 9.48 Å². The highest BCUT2D eigenvalue weighted by Gasteiger charge is 2.58. The molecule has 2 heterocycles. The van der Waals surface area contributed by atoms with Crippen LogP contribution in [0.2, 0.25) is 10.0 Å². The van der Waals surface area contributed by atoms with Crippen LogP contribution >= 0.6 is 23.2 Å². The Morgan fingerprint density at radius 2 is 1.78 bits per heavy atom. The number of halogens is 4. The number of fused-ring (bicyclic) bond motifs is 1. The summed E-state index contributed by atoms with van der Waals surface area (Å²) in [7, 11) is 0. The standard InChI is InChI=1S/C25H20Cl2F2N6O2/c26-17-6-3-15(9-18(17)27)21-20(22(31)36)19-11-34(7-8-35(19)33-21)23(37)32-24(12-25(28,29)13-24)16-4-1-14(10-30)2-5-16/h1-6,9H,7-8,11-13H2,(H2,31,36)(H,32,37). The summed E-state index contributed by atoms with van der Waals surface area (Å²) in [5, 5.41) is 17.0. The van der Waals surface area contributed by atoms with Crippen molar-refractivity contribution in [3.8, 4) is 17.3 Å². The first-order chi connectivity index (χ1) is 17.5. The van der Waals surface area contributed by atoms with Gasteiger partial charge in [0, 0.05) is 24.9 Å². The number of alkyl halides is 2. The summed E-state index contributed by atoms with van der Waals surface area (Å²) in [5.74, 6) is -3.65. The van der Waals surface area contributed by atoms with Crippen molar-refractivity contribution in [1.82, 2.24) is 20.0 Å². The maximum atomic E-state index is 14.0. The Bertz CT molecular complexity index is 1460. The topological polar surface area (TPSA) is 117 Å². The van der Waals surface area contributed by atoms with Crippen molar-refractivity contribution >= 4 is 35.1 Å². The van der Waals surface area contributed by atoms with E-state index in [1.807, 2.05) is 6.07 Å². The molecule has 37 heavy (non-hydrogen) atoms. The summed E-state index contributed by atoms with van der Waals surface area (Å²) in [6, 6.07) is 12.5. The van der Waals surface area contributed by atoms with E-state index in [1.165, 1.54) is 17.0 Å². The van der Waals surface area contributed by atoms with Crippen molar-refractivity contribution < 1.29 is 18.4 Å². The highest BCUT2D eigenvalue weighted by atomic mass is 35.5. The van der Waals surface area contributed by atoms with Gasteiger partial charge in [-0.25, -0.2) is 13.6 Å². The molecule has 1 aliphatic carbocycles. The number of nitriles is 1. The third kappa shape index (κ3) is 4.49.